The third-order valence-electron chi connectivity index (χ3n) is 1.20. The van der Waals surface area contributed by atoms with Crippen molar-refractivity contribution in [2.45, 2.75) is 6.43 Å². The summed E-state index contributed by atoms with van der Waals surface area (Å²) >= 11 is 5.70. The van der Waals surface area contributed by atoms with E-state index < -0.39 is 12.0 Å². The fourth-order valence-electron chi connectivity index (χ4n) is 0.709. The third kappa shape index (κ3) is 1.92. The van der Waals surface area contributed by atoms with Gasteiger partial charge in [0.1, 0.15) is 0 Å². The van der Waals surface area contributed by atoms with E-state index in [9.17, 15) is 13.6 Å². The van der Waals surface area contributed by atoms with Crippen LogP contribution >= 0.6 is 31.9 Å². The van der Waals surface area contributed by atoms with E-state index in [1.807, 2.05) is 0 Å². The minimum Gasteiger partial charge on any atom is -0.316 e. The molecule has 0 saturated heterocycles. The van der Waals surface area contributed by atoms with Crippen LogP contribution in [0.2, 0.25) is 0 Å². The zero-order valence-corrected chi connectivity index (χ0v) is 8.75. The van der Waals surface area contributed by atoms with Crippen molar-refractivity contribution in [1.29, 1.82) is 0 Å². The Morgan fingerprint density at radius 2 is 2.00 bits per heavy atom. The summed E-state index contributed by atoms with van der Waals surface area (Å²) in [5, 5.41) is 0. The highest BCUT2D eigenvalue weighted by atomic mass is 79.9. The lowest BCUT2D eigenvalue weighted by molar-refractivity contribution is 0.149. The molecule has 6 heteroatoms. The number of alkyl halides is 2. The zero-order chi connectivity index (χ0) is 9.30. The van der Waals surface area contributed by atoms with Gasteiger partial charge in [0.05, 0.1) is 10.2 Å². The van der Waals surface area contributed by atoms with E-state index in [0.717, 1.165) is 6.07 Å². The second-order valence-electron chi connectivity index (χ2n) is 2.01. The summed E-state index contributed by atoms with van der Waals surface area (Å²) in [6.45, 7) is 0. The number of aromatic amines is 1. The van der Waals surface area contributed by atoms with Crippen LogP contribution in [0.15, 0.2) is 19.9 Å². The molecule has 1 aromatic rings. The number of halogens is 4. The first-order chi connectivity index (χ1) is 5.52. The van der Waals surface area contributed by atoms with Crippen molar-refractivity contribution in [1.82, 2.24) is 4.98 Å². The molecule has 0 spiro atoms. The summed E-state index contributed by atoms with van der Waals surface area (Å²) in [5.41, 5.74) is -0.673. The molecule has 0 aliphatic rings. The minimum absolute atomic E-state index is 0.0110. The quantitative estimate of drug-likeness (QED) is 0.795. The molecule has 0 amide bonds. The second-order valence-corrected chi connectivity index (χ2v) is 3.66. The van der Waals surface area contributed by atoms with E-state index in [1.54, 1.807) is 0 Å². The SMILES string of the molecule is O=c1cc(Br)c(C(F)F)c(Br)[nH]1. The Kier molecular flexibility index (Phi) is 3.00. The van der Waals surface area contributed by atoms with Crippen molar-refractivity contribution >= 4 is 31.9 Å². The summed E-state index contributed by atoms with van der Waals surface area (Å²) in [4.78, 5) is 12.9. The molecule has 0 atom stereocenters. The summed E-state index contributed by atoms with van der Waals surface area (Å²) in [7, 11) is 0. The smallest absolute Gasteiger partial charge is 0.267 e. The third-order valence-corrected chi connectivity index (χ3v) is 2.48. The standard InChI is InChI=1S/C6H3Br2F2NO/c7-2-1-3(12)11-5(8)4(2)6(9)10/h1,6H,(H,11,12). The number of aromatic nitrogens is 1. The van der Waals surface area contributed by atoms with Gasteiger partial charge >= 0.3 is 0 Å². The summed E-state index contributed by atoms with van der Waals surface area (Å²) in [6, 6.07) is 1.06. The van der Waals surface area contributed by atoms with E-state index in [0.29, 0.717) is 0 Å². The van der Waals surface area contributed by atoms with Crippen molar-refractivity contribution in [2.24, 2.45) is 0 Å². The predicted molar refractivity (Wildman–Crippen MR) is 47.4 cm³/mol. The van der Waals surface area contributed by atoms with Crippen LogP contribution in [0.4, 0.5) is 8.78 Å². The van der Waals surface area contributed by atoms with Crippen LogP contribution in [0.25, 0.3) is 0 Å². The van der Waals surface area contributed by atoms with Gasteiger partial charge in [-0.2, -0.15) is 0 Å². The zero-order valence-electron chi connectivity index (χ0n) is 5.57. The summed E-state index contributed by atoms with van der Waals surface area (Å²) in [5.74, 6) is 0. The van der Waals surface area contributed by atoms with Crippen LogP contribution in [-0.2, 0) is 0 Å². The second kappa shape index (κ2) is 3.66. The molecule has 1 rings (SSSR count). The van der Waals surface area contributed by atoms with Gasteiger partial charge in [0.2, 0.25) is 5.56 Å². The molecule has 0 aliphatic carbocycles. The van der Waals surface area contributed by atoms with Crippen molar-refractivity contribution in [2.75, 3.05) is 0 Å². The number of pyridine rings is 1. The van der Waals surface area contributed by atoms with Gasteiger partial charge in [-0.1, -0.05) is 15.9 Å². The number of hydrogen-bond acceptors (Lipinski definition) is 1. The fourth-order valence-corrected chi connectivity index (χ4v) is 2.14. The Bertz CT molecular complexity index is 324. The number of rotatable bonds is 1. The van der Waals surface area contributed by atoms with Gasteiger partial charge in [-0.05, 0) is 15.9 Å². The first kappa shape index (κ1) is 9.85. The van der Waals surface area contributed by atoms with Gasteiger partial charge in [0, 0.05) is 10.5 Å². The topological polar surface area (TPSA) is 32.9 Å². The maximum Gasteiger partial charge on any atom is 0.267 e. The lowest BCUT2D eigenvalue weighted by atomic mass is 10.3. The number of H-pyrrole nitrogens is 1. The molecular weight excluding hydrogens is 300 g/mol. The largest absolute Gasteiger partial charge is 0.316 e. The van der Waals surface area contributed by atoms with Gasteiger partial charge in [-0.3, -0.25) is 4.79 Å². The van der Waals surface area contributed by atoms with Crippen LogP contribution in [-0.4, -0.2) is 4.98 Å². The van der Waals surface area contributed by atoms with E-state index in [-0.39, 0.29) is 14.6 Å². The predicted octanol–water partition coefficient (Wildman–Crippen LogP) is 2.84. The van der Waals surface area contributed by atoms with Crippen molar-refractivity contribution < 1.29 is 8.78 Å². The van der Waals surface area contributed by atoms with Crippen LogP contribution in [0.1, 0.15) is 12.0 Å². The highest BCUT2D eigenvalue weighted by Crippen LogP contribution is 2.30. The van der Waals surface area contributed by atoms with E-state index >= 15 is 0 Å². The molecule has 1 N–H and O–H groups in total. The Morgan fingerprint density at radius 1 is 1.42 bits per heavy atom. The van der Waals surface area contributed by atoms with Crippen molar-refractivity contribution in [3.63, 3.8) is 0 Å². The van der Waals surface area contributed by atoms with Crippen LogP contribution in [0, 0.1) is 0 Å². The molecule has 0 saturated carbocycles. The molecule has 66 valence electrons. The highest BCUT2D eigenvalue weighted by Gasteiger charge is 2.16. The number of nitrogens with one attached hydrogen (secondary N) is 1. The van der Waals surface area contributed by atoms with Crippen LogP contribution < -0.4 is 5.56 Å². The molecule has 0 bridgehead atoms. The molecule has 0 aromatic carbocycles. The Morgan fingerprint density at radius 3 is 2.42 bits per heavy atom. The molecule has 0 fully saturated rings. The maximum atomic E-state index is 12.2. The van der Waals surface area contributed by atoms with Crippen LogP contribution in [0.5, 0.6) is 0 Å². The molecule has 0 unspecified atom stereocenters. The van der Waals surface area contributed by atoms with Gasteiger partial charge in [0.15, 0.2) is 0 Å². The Labute approximate surface area is 83.2 Å². The lowest BCUT2D eigenvalue weighted by Gasteiger charge is -2.03. The Balaban J connectivity index is 3.38. The first-order valence-corrected chi connectivity index (χ1v) is 4.47. The normalized spacial score (nSPS) is 10.8. The fraction of sp³-hybridized carbons (Fsp3) is 0.167. The average molecular weight is 303 g/mol. The molecule has 0 aliphatic heterocycles. The van der Waals surface area contributed by atoms with Gasteiger partial charge in [0.25, 0.3) is 6.43 Å². The first-order valence-electron chi connectivity index (χ1n) is 2.88. The molecule has 1 aromatic heterocycles. The lowest BCUT2D eigenvalue weighted by Crippen LogP contribution is -2.07. The summed E-state index contributed by atoms with van der Waals surface area (Å²) in [6.07, 6.45) is -2.62. The monoisotopic (exact) mass is 301 g/mol. The highest BCUT2D eigenvalue weighted by molar-refractivity contribution is 9.11. The molecule has 1 heterocycles. The number of hydrogen-bond donors (Lipinski definition) is 1. The van der Waals surface area contributed by atoms with Crippen molar-refractivity contribution in [3.8, 4) is 0 Å². The van der Waals surface area contributed by atoms with E-state index in [1.165, 1.54) is 0 Å². The summed E-state index contributed by atoms with van der Waals surface area (Å²) < 4.78 is 24.6. The molecule has 12 heavy (non-hydrogen) atoms. The average Bonchev–Trinajstić information content (AvgIpc) is 1.82. The van der Waals surface area contributed by atoms with Crippen molar-refractivity contribution in [3.05, 3.63) is 31.1 Å². The minimum atomic E-state index is -2.62. The van der Waals surface area contributed by atoms with Gasteiger partial charge in [-0.25, -0.2) is 8.78 Å². The van der Waals surface area contributed by atoms with E-state index in [4.69, 9.17) is 0 Å². The molecule has 0 radical (unpaired) electrons. The van der Waals surface area contributed by atoms with Crippen LogP contribution in [0.3, 0.4) is 0 Å². The Hall–Kier alpha value is -0.230. The maximum absolute atomic E-state index is 12.2. The van der Waals surface area contributed by atoms with E-state index in [2.05, 4.69) is 36.8 Å². The molecular formula is C6H3Br2F2NO. The van der Waals surface area contributed by atoms with Gasteiger partial charge in [-0.15, -0.1) is 0 Å². The van der Waals surface area contributed by atoms with Gasteiger partial charge < -0.3 is 4.98 Å². The molecule has 2 nitrogen and oxygen atoms in total.